The molecule has 0 aliphatic heterocycles. The van der Waals surface area contributed by atoms with Crippen LogP contribution >= 0.6 is 11.6 Å². The summed E-state index contributed by atoms with van der Waals surface area (Å²) in [4.78, 5) is 37.9. The average molecular weight is 329 g/mol. The molecule has 0 aliphatic carbocycles. The highest BCUT2D eigenvalue weighted by atomic mass is 35.5. The number of carboxylic acid groups (broad SMARTS) is 1. The first-order chi connectivity index (χ1) is 10.4. The molecule has 2 N–H and O–H groups in total. The van der Waals surface area contributed by atoms with Crippen molar-refractivity contribution >= 4 is 29.4 Å². The minimum atomic E-state index is -1.17. The summed E-state index contributed by atoms with van der Waals surface area (Å²) in [7, 11) is 0. The second kappa shape index (κ2) is 8.99. The molecule has 1 atom stereocenters. The van der Waals surface area contributed by atoms with Crippen molar-refractivity contribution in [3.05, 3.63) is 29.0 Å². The Kier molecular flexibility index (Phi) is 7.31. The zero-order valence-electron chi connectivity index (χ0n) is 12.0. The summed E-state index contributed by atoms with van der Waals surface area (Å²) in [5.74, 6) is -2.19. The van der Waals surface area contributed by atoms with Gasteiger partial charge in [-0.05, 0) is 18.6 Å². The quantitative estimate of drug-likeness (QED) is 0.548. The van der Waals surface area contributed by atoms with E-state index in [1.165, 1.54) is 6.20 Å². The van der Waals surface area contributed by atoms with Gasteiger partial charge in [-0.15, -0.1) is 0 Å². The third-order valence-corrected chi connectivity index (χ3v) is 2.95. The molecule has 8 heteroatoms. The van der Waals surface area contributed by atoms with Gasteiger partial charge in [-0.2, -0.15) is 0 Å². The lowest BCUT2D eigenvalue weighted by atomic mass is 10.1. The van der Waals surface area contributed by atoms with Crippen LogP contribution in [0.3, 0.4) is 0 Å². The molecule has 7 nitrogen and oxygen atoms in total. The third kappa shape index (κ3) is 6.53. The summed E-state index contributed by atoms with van der Waals surface area (Å²) in [6.45, 7) is 1.90. The number of carboxylic acids is 1. The van der Waals surface area contributed by atoms with Crippen molar-refractivity contribution in [3.8, 4) is 0 Å². The number of aromatic nitrogens is 1. The number of rotatable bonds is 8. The van der Waals surface area contributed by atoms with E-state index >= 15 is 0 Å². The second-order valence-electron chi connectivity index (χ2n) is 4.46. The molecule has 0 spiro atoms. The van der Waals surface area contributed by atoms with Gasteiger partial charge < -0.3 is 15.2 Å². The Labute approximate surface area is 132 Å². The predicted molar refractivity (Wildman–Crippen MR) is 78.4 cm³/mol. The maximum Gasteiger partial charge on any atom is 0.326 e. The molecule has 0 saturated carbocycles. The first-order valence-corrected chi connectivity index (χ1v) is 7.08. The van der Waals surface area contributed by atoms with Crippen molar-refractivity contribution < 1.29 is 24.2 Å². The summed E-state index contributed by atoms with van der Waals surface area (Å²) in [5, 5.41) is 11.8. The van der Waals surface area contributed by atoms with E-state index in [-0.39, 0.29) is 25.9 Å². The number of pyridine rings is 1. The van der Waals surface area contributed by atoms with Gasteiger partial charge in [-0.1, -0.05) is 17.7 Å². The summed E-state index contributed by atoms with van der Waals surface area (Å²) in [5.41, 5.74) is 0.627. The molecule has 0 aliphatic rings. The van der Waals surface area contributed by atoms with Crippen molar-refractivity contribution in [2.45, 2.75) is 32.2 Å². The zero-order valence-corrected chi connectivity index (χ0v) is 12.8. The van der Waals surface area contributed by atoms with Gasteiger partial charge in [0.25, 0.3) is 0 Å². The number of halogens is 1. The van der Waals surface area contributed by atoms with E-state index < -0.39 is 23.9 Å². The maximum atomic E-state index is 11.7. The molecule has 0 saturated heterocycles. The number of esters is 1. The van der Waals surface area contributed by atoms with Gasteiger partial charge in [-0.3, -0.25) is 9.59 Å². The summed E-state index contributed by atoms with van der Waals surface area (Å²) >= 11 is 5.65. The molecular weight excluding hydrogens is 312 g/mol. The highest BCUT2D eigenvalue weighted by molar-refractivity contribution is 6.29. The highest BCUT2D eigenvalue weighted by Crippen LogP contribution is 2.08. The molecule has 1 heterocycles. The zero-order chi connectivity index (χ0) is 16.5. The molecule has 0 unspecified atom stereocenters. The van der Waals surface area contributed by atoms with E-state index in [0.29, 0.717) is 10.7 Å². The van der Waals surface area contributed by atoms with Gasteiger partial charge in [0.05, 0.1) is 13.0 Å². The lowest BCUT2D eigenvalue weighted by molar-refractivity contribution is -0.144. The number of hydrogen-bond donors (Lipinski definition) is 2. The number of aliphatic carboxylic acids is 1. The van der Waals surface area contributed by atoms with Gasteiger partial charge in [0.15, 0.2) is 0 Å². The fourth-order valence-corrected chi connectivity index (χ4v) is 1.79. The molecule has 1 aromatic heterocycles. The predicted octanol–water partition coefficient (Wildman–Crippen LogP) is 1.19. The smallest absolute Gasteiger partial charge is 0.326 e. The Morgan fingerprint density at radius 2 is 2.09 bits per heavy atom. The van der Waals surface area contributed by atoms with Crippen molar-refractivity contribution in [2.24, 2.45) is 0 Å². The second-order valence-corrected chi connectivity index (χ2v) is 4.84. The van der Waals surface area contributed by atoms with Gasteiger partial charge >= 0.3 is 11.9 Å². The molecular formula is C14H17ClN2O5. The van der Waals surface area contributed by atoms with Crippen LogP contribution < -0.4 is 5.32 Å². The maximum absolute atomic E-state index is 11.7. The van der Waals surface area contributed by atoms with Crippen LogP contribution in [-0.4, -0.2) is 40.6 Å². The van der Waals surface area contributed by atoms with E-state index in [1.54, 1.807) is 19.1 Å². The Hall–Kier alpha value is -2.15. The van der Waals surface area contributed by atoms with Crippen LogP contribution in [-0.2, 0) is 25.5 Å². The first-order valence-electron chi connectivity index (χ1n) is 6.70. The van der Waals surface area contributed by atoms with Crippen LogP contribution in [0.25, 0.3) is 0 Å². The van der Waals surface area contributed by atoms with E-state index in [1.807, 2.05) is 0 Å². The summed E-state index contributed by atoms with van der Waals surface area (Å²) in [6, 6.07) is 2.08. The Morgan fingerprint density at radius 3 is 2.64 bits per heavy atom. The van der Waals surface area contributed by atoms with Gasteiger partial charge in [0.1, 0.15) is 11.2 Å². The van der Waals surface area contributed by atoms with Gasteiger partial charge in [-0.25, -0.2) is 9.78 Å². The molecule has 22 heavy (non-hydrogen) atoms. The average Bonchev–Trinajstić information content (AvgIpc) is 2.47. The number of nitrogens with zero attached hydrogens (tertiary/aromatic N) is 1. The molecule has 1 aromatic rings. The van der Waals surface area contributed by atoms with Crippen LogP contribution in [0.5, 0.6) is 0 Å². The van der Waals surface area contributed by atoms with E-state index in [9.17, 15) is 14.4 Å². The lowest BCUT2D eigenvalue weighted by Crippen LogP contribution is -2.42. The van der Waals surface area contributed by atoms with Crippen LogP contribution in [0.15, 0.2) is 18.3 Å². The SMILES string of the molecule is CCOC(=O)CCC(=O)N[C@@H](Cc1ccc(Cl)nc1)C(=O)O. The molecule has 1 amide bonds. The largest absolute Gasteiger partial charge is 0.480 e. The highest BCUT2D eigenvalue weighted by Gasteiger charge is 2.21. The number of carbonyl (C=O) groups excluding carboxylic acids is 2. The fraction of sp³-hybridized carbons (Fsp3) is 0.429. The van der Waals surface area contributed by atoms with Crippen molar-refractivity contribution in [1.29, 1.82) is 0 Å². The molecule has 120 valence electrons. The standard InChI is InChI=1S/C14H17ClN2O5/c1-2-22-13(19)6-5-12(18)17-10(14(20)21)7-9-3-4-11(15)16-8-9/h3-4,8,10H,2,5-7H2,1H3,(H,17,18)(H,20,21)/t10-/m0/s1. The lowest BCUT2D eigenvalue weighted by Gasteiger charge is -2.14. The van der Waals surface area contributed by atoms with Crippen molar-refractivity contribution in [1.82, 2.24) is 10.3 Å². The summed E-state index contributed by atoms with van der Waals surface area (Å²) < 4.78 is 4.70. The number of carbonyl (C=O) groups is 3. The molecule has 0 bridgehead atoms. The number of amides is 1. The third-order valence-electron chi connectivity index (χ3n) is 2.72. The Balaban J connectivity index is 2.53. The fourth-order valence-electron chi connectivity index (χ4n) is 1.68. The van der Waals surface area contributed by atoms with Crippen LogP contribution in [0.1, 0.15) is 25.3 Å². The number of ether oxygens (including phenoxy) is 1. The molecule has 1 rings (SSSR count). The molecule has 0 aromatic carbocycles. The minimum Gasteiger partial charge on any atom is -0.480 e. The molecule has 0 radical (unpaired) electrons. The van der Waals surface area contributed by atoms with Gasteiger partial charge in [0.2, 0.25) is 5.91 Å². The van der Waals surface area contributed by atoms with Crippen LogP contribution in [0, 0.1) is 0 Å². The van der Waals surface area contributed by atoms with Crippen LogP contribution in [0.2, 0.25) is 5.15 Å². The van der Waals surface area contributed by atoms with E-state index in [2.05, 4.69) is 10.3 Å². The Morgan fingerprint density at radius 1 is 1.36 bits per heavy atom. The van der Waals surface area contributed by atoms with Crippen molar-refractivity contribution in [2.75, 3.05) is 6.61 Å². The topological polar surface area (TPSA) is 106 Å². The van der Waals surface area contributed by atoms with Gasteiger partial charge in [0, 0.05) is 19.0 Å². The summed E-state index contributed by atoms with van der Waals surface area (Å²) in [6.07, 6.45) is 1.31. The van der Waals surface area contributed by atoms with E-state index in [0.717, 1.165) is 0 Å². The minimum absolute atomic E-state index is 0.0741. The number of nitrogens with one attached hydrogen (secondary N) is 1. The number of hydrogen-bond acceptors (Lipinski definition) is 5. The normalized spacial score (nSPS) is 11.5. The monoisotopic (exact) mass is 328 g/mol. The van der Waals surface area contributed by atoms with Crippen LogP contribution in [0.4, 0.5) is 0 Å². The van der Waals surface area contributed by atoms with Crippen molar-refractivity contribution in [3.63, 3.8) is 0 Å². The Bertz CT molecular complexity index is 533. The molecule has 0 fully saturated rings. The van der Waals surface area contributed by atoms with E-state index in [4.69, 9.17) is 21.4 Å². The first kappa shape index (κ1) is 17.9.